The first kappa shape index (κ1) is 13.8. The van der Waals surface area contributed by atoms with Gasteiger partial charge in [-0.05, 0) is 39.2 Å². The minimum Gasteiger partial charge on any atom is -0.373 e. The average Bonchev–Trinajstić information content (AvgIpc) is 3.11. The summed E-state index contributed by atoms with van der Waals surface area (Å²) in [6.07, 6.45) is 2.92. The van der Waals surface area contributed by atoms with Gasteiger partial charge in [0, 0.05) is 19.6 Å². The van der Waals surface area contributed by atoms with E-state index < -0.39 is 0 Å². The summed E-state index contributed by atoms with van der Waals surface area (Å²) >= 11 is 0. The van der Waals surface area contributed by atoms with E-state index in [1.807, 2.05) is 0 Å². The van der Waals surface area contributed by atoms with Gasteiger partial charge in [-0.1, -0.05) is 6.92 Å². The molecule has 1 aliphatic carbocycles. The molecule has 3 atom stereocenters. The van der Waals surface area contributed by atoms with Gasteiger partial charge in [0.15, 0.2) is 0 Å². The van der Waals surface area contributed by atoms with E-state index in [1.165, 1.54) is 12.8 Å². The minimum absolute atomic E-state index is 0.269. The largest absolute Gasteiger partial charge is 0.373 e. The predicted octanol–water partition coefficient (Wildman–Crippen LogP) is 1.38. The maximum Gasteiger partial charge on any atom is 0.122 e. The van der Waals surface area contributed by atoms with E-state index >= 15 is 0 Å². The van der Waals surface area contributed by atoms with Crippen LogP contribution in [-0.2, 0) is 4.74 Å². The molecule has 0 bridgehead atoms. The van der Waals surface area contributed by atoms with Crippen molar-refractivity contribution in [3.8, 4) is 6.07 Å². The van der Waals surface area contributed by atoms with Gasteiger partial charge in [0.05, 0.1) is 18.3 Å². The number of nitrogens with one attached hydrogen (secondary N) is 1. The van der Waals surface area contributed by atoms with Crippen LogP contribution in [-0.4, -0.2) is 48.8 Å². The van der Waals surface area contributed by atoms with E-state index in [4.69, 9.17) is 4.74 Å². The van der Waals surface area contributed by atoms with Crippen LogP contribution >= 0.6 is 0 Å². The number of ether oxygens (including phenoxy) is 1. The minimum atomic E-state index is -0.342. The molecule has 4 heteroatoms. The maximum atomic E-state index is 9.61. The molecule has 2 rings (SSSR count). The lowest BCUT2D eigenvalue weighted by Gasteiger charge is -2.40. The second-order valence-corrected chi connectivity index (χ2v) is 5.84. The molecule has 4 nitrogen and oxygen atoms in total. The Morgan fingerprint density at radius 1 is 1.33 bits per heavy atom. The fourth-order valence-corrected chi connectivity index (χ4v) is 3.15. The van der Waals surface area contributed by atoms with Crippen LogP contribution in [0.1, 0.15) is 33.6 Å². The Kier molecular flexibility index (Phi) is 4.26. The summed E-state index contributed by atoms with van der Waals surface area (Å²) < 4.78 is 5.76. The summed E-state index contributed by atoms with van der Waals surface area (Å²) in [4.78, 5) is 2.39. The number of nitriles is 1. The van der Waals surface area contributed by atoms with E-state index in [0.29, 0.717) is 5.92 Å². The summed E-state index contributed by atoms with van der Waals surface area (Å²) in [6, 6.07) is 2.56. The first-order valence-electron chi connectivity index (χ1n) is 7.13. The zero-order valence-corrected chi connectivity index (χ0v) is 11.8. The van der Waals surface area contributed by atoms with Crippen molar-refractivity contribution in [3.05, 3.63) is 0 Å². The van der Waals surface area contributed by atoms with E-state index in [2.05, 4.69) is 37.1 Å². The second kappa shape index (κ2) is 5.56. The highest BCUT2D eigenvalue weighted by molar-refractivity contribution is 5.16. The number of hydrogen-bond donors (Lipinski definition) is 1. The quantitative estimate of drug-likeness (QED) is 0.802. The lowest BCUT2D eigenvalue weighted by molar-refractivity contribution is -0.0728. The van der Waals surface area contributed by atoms with Crippen LogP contribution in [0.3, 0.4) is 0 Å². The van der Waals surface area contributed by atoms with Crippen molar-refractivity contribution in [1.29, 1.82) is 5.26 Å². The summed E-state index contributed by atoms with van der Waals surface area (Å²) in [5, 5.41) is 13.1. The molecule has 0 aromatic carbocycles. The Balaban J connectivity index is 2.02. The Hall–Kier alpha value is -0.630. The lowest BCUT2D eigenvalue weighted by Crippen LogP contribution is -2.58. The van der Waals surface area contributed by atoms with Gasteiger partial charge in [-0.25, -0.2) is 0 Å². The molecule has 0 aromatic heterocycles. The van der Waals surface area contributed by atoms with Gasteiger partial charge < -0.3 is 4.74 Å². The Morgan fingerprint density at radius 3 is 2.39 bits per heavy atom. The number of nitrogens with zero attached hydrogens (tertiary/aromatic N) is 2. The highest BCUT2D eigenvalue weighted by atomic mass is 16.5. The van der Waals surface area contributed by atoms with E-state index in [1.54, 1.807) is 0 Å². The van der Waals surface area contributed by atoms with Gasteiger partial charge in [0.1, 0.15) is 5.54 Å². The summed E-state index contributed by atoms with van der Waals surface area (Å²) in [5.41, 5.74) is -0.342. The molecule has 2 fully saturated rings. The van der Waals surface area contributed by atoms with Gasteiger partial charge >= 0.3 is 0 Å². The van der Waals surface area contributed by atoms with Crippen LogP contribution in [0.25, 0.3) is 0 Å². The van der Waals surface area contributed by atoms with Crippen LogP contribution in [0.4, 0.5) is 0 Å². The van der Waals surface area contributed by atoms with Gasteiger partial charge in [0.2, 0.25) is 0 Å². The number of morpholine rings is 1. The summed E-state index contributed by atoms with van der Waals surface area (Å²) in [6.45, 7) is 9.87. The molecule has 1 saturated heterocycles. The van der Waals surface area contributed by atoms with Crippen molar-refractivity contribution in [3.63, 3.8) is 0 Å². The third-order valence-electron chi connectivity index (χ3n) is 3.93. The molecule has 0 aromatic rings. The first-order valence-corrected chi connectivity index (χ1v) is 7.13. The Bertz CT molecular complexity index is 313. The second-order valence-electron chi connectivity index (χ2n) is 5.84. The van der Waals surface area contributed by atoms with E-state index in [-0.39, 0.29) is 17.7 Å². The van der Waals surface area contributed by atoms with Crippen LogP contribution in [0.2, 0.25) is 0 Å². The molecule has 0 spiro atoms. The molecule has 1 N–H and O–H groups in total. The van der Waals surface area contributed by atoms with Crippen molar-refractivity contribution in [2.45, 2.75) is 51.4 Å². The number of rotatable bonds is 5. The molecular formula is C14H25N3O. The third kappa shape index (κ3) is 3.03. The molecule has 1 heterocycles. The predicted molar refractivity (Wildman–Crippen MR) is 71.2 cm³/mol. The number of hydrogen-bond acceptors (Lipinski definition) is 4. The van der Waals surface area contributed by atoms with Gasteiger partial charge in [-0.15, -0.1) is 0 Å². The molecule has 0 amide bonds. The summed E-state index contributed by atoms with van der Waals surface area (Å²) in [5.74, 6) is 0.538. The normalized spacial score (nSPS) is 32.8. The zero-order valence-electron chi connectivity index (χ0n) is 11.8. The zero-order chi connectivity index (χ0) is 13.2. The SMILES string of the molecule is CCNC(C#N)(CN1CC(C)OC(C)C1)C1CC1. The first-order chi connectivity index (χ1) is 8.59. The highest BCUT2D eigenvalue weighted by Crippen LogP contribution is 2.40. The van der Waals surface area contributed by atoms with Crippen LogP contribution in [0.15, 0.2) is 0 Å². The monoisotopic (exact) mass is 251 g/mol. The molecule has 0 radical (unpaired) electrons. The fourth-order valence-electron chi connectivity index (χ4n) is 3.15. The molecule has 1 saturated carbocycles. The lowest BCUT2D eigenvalue weighted by atomic mass is 9.93. The third-order valence-corrected chi connectivity index (χ3v) is 3.93. The molecule has 102 valence electrons. The highest BCUT2D eigenvalue weighted by Gasteiger charge is 2.46. The van der Waals surface area contributed by atoms with Crippen molar-refractivity contribution in [2.24, 2.45) is 5.92 Å². The number of likely N-dealkylation sites (N-methyl/N-ethyl adjacent to an activating group) is 1. The van der Waals surface area contributed by atoms with E-state index in [0.717, 1.165) is 26.2 Å². The van der Waals surface area contributed by atoms with Crippen molar-refractivity contribution >= 4 is 0 Å². The standard InChI is InChI=1S/C14H25N3O/c1-4-16-14(9-15,13-5-6-13)10-17-7-11(2)18-12(3)8-17/h11-13,16H,4-8,10H2,1-3H3. The van der Waals surface area contributed by atoms with Crippen LogP contribution in [0, 0.1) is 17.2 Å². The van der Waals surface area contributed by atoms with Gasteiger partial charge in [0.25, 0.3) is 0 Å². The Labute approximate surface area is 110 Å². The van der Waals surface area contributed by atoms with Crippen LogP contribution in [0.5, 0.6) is 0 Å². The smallest absolute Gasteiger partial charge is 0.122 e. The van der Waals surface area contributed by atoms with E-state index in [9.17, 15) is 5.26 Å². The molecule has 3 unspecified atom stereocenters. The van der Waals surface area contributed by atoms with Crippen LogP contribution < -0.4 is 5.32 Å². The van der Waals surface area contributed by atoms with Gasteiger partial charge in [-0.3, -0.25) is 10.2 Å². The Morgan fingerprint density at radius 2 is 1.94 bits per heavy atom. The fraction of sp³-hybridized carbons (Fsp3) is 0.929. The molecule has 1 aliphatic heterocycles. The van der Waals surface area contributed by atoms with Crippen molar-refractivity contribution in [1.82, 2.24) is 10.2 Å². The molecule has 18 heavy (non-hydrogen) atoms. The van der Waals surface area contributed by atoms with Crippen molar-refractivity contribution < 1.29 is 4.74 Å². The van der Waals surface area contributed by atoms with Gasteiger partial charge in [-0.2, -0.15) is 5.26 Å². The molecular weight excluding hydrogens is 226 g/mol. The topological polar surface area (TPSA) is 48.3 Å². The average molecular weight is 251 g/mol. The molecule has 2 aliphatic rings. The summed E-state index contributed by atoms with van der Waals surface area (Å²) in [7, 11) is 0. The van der Waals surface area contributed by atoms with Crippen molar-refractivity contribution in [2.75, 3.05) is 26.2 Å². The maximum absolute atomic E-state index is 9.61.